The predicted molar refractivity (Wildman–Crippen MR) is 110 cm³/mol. The van der Waals surface area contributed by atoms with Gasteiger partial charge in [0.25, 0.3) is 0 Å². The third kappa shape index (κ3) is 7.18. The molecule has 0 atom stereocenters. The van der Waals surface area contributed by atoms with Crippen LogP contribution >= 0.6 is 0 Å². The van der Waals surface area contributed by atoms with Gasteiger partial charge >= 0.3 is 11.9 Å². The molecule has 0 unspecified atom stereocenters. The molecule has 4 heteroatoms. The molecule has 4 nitrogen and oxygen atoms in total. The summed E-state index contributed by atoms with van der Waals surface area (Å²) in [5.41, 5.74) is 0.0318. The molecule has 0 heterocycles. The number of carbonyl (C=O) groups excluding carboxylic acids is 2. The summed E-state index contributed by atoms with van der Waals surface area (Å²) in [6, 6.07) is 18.0. The van der Waals surface area contributed by atoms with Crippen LogP contribution in [0.3, 0.4) is 0 Å². The van der Waals surface area contributed by atoms with Crippen molar-refractivity contribution in [1.82, 2.24) is 0 Å². The fourth-order valence-corrected chi connectivity index (χ4v) is 2.97. The first-order valence-electron chi connectivity index (χ1n) is 9.75. The van der Waals surface area contributed by atoms with Crippen LogP contribution in [0, 0.1) is 0 Å². The number of esters is 2. The molecule has 0 bridgehead atoms. The van der Waals surface area contributed by atoms with E-state index in [9.17, 15) is 9.59 Å². The minimum atomic E-state index is -0.544. The lowest BCUT2D eigenvalue weighted by Gasteiger charge is -2.27. The number of hydrogen-bond donors (Lipinski definition) is 0. The Morgan fingerprint density at radius 1 is 0.643 bits per heavy atom. The summed E-state index contributed by atoms with van der Waals surface area (Å²) in [5.74, 6) is -0.606. The maximum atomic E-state index is 12.2. The highest BCUT2D eigenvalue weighted by molar-refractivity contribution is 5.90. The zero-order valence-corrected chi connectivity index (χ0v) is 17.2. The summed E-state index contributed by atoms with van der Waals surface area (Å²) in [6.45, 7) is 7.70. The molecule has 0 spiro atoms. The molecule has 2 aromatic rings. The maximum absolute atomic E-state index is 12.2. The number of carbonyl (C=O) groups is 2. The second kappa shape index (κ2) is 9.54. The molecule has 0 radical (unpaired) electrons. The average molecular weight is 383 g/mol. The van der Waals surface area contributed by atoms with Crippen LogP contribution in [0.5, 0.6) is 0 Å². The van der Waals surface area contributed by atoms with Crippen molar-refractivity contribution in [3.05, 3.63) is 71.8 Å². The van der Waals surface area contributed by atoms with Crippen molar-refractivity contribution >= 4 is 11.9 Å². The van der Waals surface area contributed by atoms with Gasteiger partial charge in [-0.15, -0.1) is 0 Å². The fourth-order valence-electron chi connectivity index (χ4n) is 2.97. The normalized spacial score (nSPS) is 11.7. The van der Waals surface area contributed by atoms with Crippen molar-refractivity contribution in [2.75, 3.05) is 0 Å². The molecule has 0 fully saturated rings. The summed E-state index contributed by atoms with van der Waals surface area (Å²) in [6.07, 6.45) is 3.24. The molecule has 0 aliphatic carbocycles. The zero-order chi connectivity index (χ0) is 20.6. The molecule has 0 aliphatic heterocycles. The molecule has 0 aromatic heterocycles. The number of rotatable bonds is 9. The summed E-state index contributed by atoms with van der Waals surface area (Å²) >= 11 is 0. The van der Waals surface area contributed by atoms with Crippen LogP contribution in [-0.2, 0) is 9.47 Å². The quantitative estimate of drug-likeness (QED) is 0.405. The van der Waals surface area contributed by atoms with Gasteiger partial charge in [-0.05, 0) is 77.6 Å². The lowest BCUT2D eigenvalue weighted by Crippen LogP contribution is -2.30. The first-order valence-corrected chi connectivity index (χ1v) is 9.75. The summed E-state index contributed by atoms with van der Waals surface area (Å²) in [4.78, 5) is 24.5. The Bertz CT molecular complexity index is 696. The van der Waals surface area contributed by atoms with Crippen LogP contribution in [-0.4, -0.2) is 23.1 Å². The summed E-state index contributed by atoms with van der Waals surface area (Å²) < 4.78 is 11.3. The van der Waals surface area contributed by atoms with Gasteiger partial charge in [-0.2, -0.15) is 0 Å². The molecular weight excluding hydrogens is 352 g/mol. The summed E-state index contributed by atoms with van der Waals surface area (Å²) in [5, 5.41) is 0. The number of unbranched alkanes of at least 4 members (excludes halogenated alkanes) is 1. The Kier molecular flexibility index (Phi) is 7.38. The van der Waals surface area contributed by atoms with Crippen LogP contribution in [0.4, 0.5) is 0 Å². The van der Waals surface area contributed by atoms with E-state index < -0.39 is 11.2 Å². The third-order valence-electron chi connectivity index (χ3n) is 4.56. The first kappa shape index (κ1) is 21.7. The van der Waals surface area contributed by atoms with E-state index in [0.29, 0.717) is 11.1 Å². The minimum absolute atomic E-state index is 0.303. The molecule has 0 N–H and O–H groups in total. The van der Waals surface area contributed by atoms with E-state index in [1.165, 1.54) is 0 Å². The second-order valence-corrected chi connectivity index (χ2v) is 8.24. The van der Waals surface area contributed by atoms with Crippen LogP contribution in [0.15, 0.2) is 60.7 Å². The van der Waals surface area contributed by atoms with Gasteiger partial charge in [0.05, 0.1) is 11.1 Å². The Balaban J connectivity index is 1.75. The van der Waals surface area contributed by atoms with Crippen molar-refractivity contribution < 1.29 is 19.1 Å². The highest BCUT2D eigenvalue weighted by atomic mass is 16.6. The minimum Gasteiger partial charge on any atom is -0.456 e. The van der Waals surface area contributed by atoms with Gasteiger partial charge in [-0.3, -0.25) is 0 Å². The zero-order valence-electron chi connectivity index (χ0n) is 17.2. The topological polar surface area (TPSA) is 52.6 Å². The first-order chi connectivity index (χ1) is 13.2. The third-order valence-corrected chi connectivity index (χ3v) is 4.56. The van der Waals surface area contributed by atoms with Crippen LogP contribution in [0.2, 0.25) is 0 Å². The van der Waals surface area contributed by atoms with Gasteiger partial charge < -0.3 is 9.47 Å². The lowest BCUT2D eigenvalue weighted by molar-refractivity contribution is -0.0129. The van der Waals surface area contributed by atoms with Crippen LogP contribution in [0.1, 0.15) is 74.1 Å². The molecule has 2 aromatic carbocycles. The smallest absolute Gasteiger partial charge is 0.338 e. The van der Waals surface area contributed by atoms with Gasteiger partial charge in [0.1, 0.15) is 11.2 Å². The Morgan fingerprint density at radius 2 is 0.964 bits per heavy atom. The van der Waals surface area contributed by atoms with E-state index in [-0.39, 0.29) is 11.9 Å². The van der Waals surface area contributed by atoms with Gasteiger partial charge in [0, 0.05) is 0 Å². The lowest BCUT2D eigenvalue weighted by atomic mass is 9.95. The van der Waals surface area contributed by atoms with Crippen molar-refractivity contribution in [3.8, 4) is 0 Å². The number of hydrogen-bond acceptors (Lipinski definition) is 4. The predicted octanol–water partition coefficient (Wildman–Crippen LogP) is 5.82. The standard InChI is InChI=1S/C24H30O4/c1-23(2,27-21(25)19-13-7-5-8-14-19)17-11-12-18-24(3,4)28-22(26)20-15-9-6-10-16-20/h5-10,13-16H,11-12,17-18H2,1-4H3. The maximum Gasteiger partial charge on any atom is 0.338 e. The molecule has 28 heavy (non-hydrogen) atoms. The average Bonchev–Trinajstić information content (AvgIpc) is 2.66. The van der Waals surface area contributed by atoms with Gasteiger partial charge in [-0.25, -0.2) is 9.59 Å². The van der Waals surface area contributed by atoms with E-state index in [0.717, 1.165) is 25.7 Å². The molecule has 2 rings (SSSR count). The Hall–Kier alpha value is -2.62. The van der Waals surface area contributed by atoms with Crippen LogP contribution < -0.4 is 0 Å². The van der Waals surface area contributed by atoms with E-state index in [1.807, 2.05) is 64.1 Å². The van der Waals surface area contributed by atoms with Crippen molar-refractivity contribution in [2.24, 2.45) is 0 Å². The van der Waals surface area contributed by atoms with Crippen molar-refractivity contribution in [2.45, 2.75) is 64.6 Å². The molecule has 0 saturated carbocycles. The van der Waals surface area contributed by atoms with E-state index >= 15 is 0 Å². The fraction of sp³-hybridized carbons (Fsp3) is 0.417. The number of benzene rings is 2. The Labute approximate surface area is 167 Å². The monoisotopic (exact) mass is 382 g/mol. The van der Waals surface area contributed by atoms with E-state index in [2.05, 4.69) is 0 Å². The SMILES string of the molecule is CC(C)(CCCCC(C)(C)OC(=O)c1ccccc1)OC(=O)c1ccccc1. The molecule has 150 valence electrons. The van der Waals surface area contributed by atoms with Crippen LogP contribution in [0.25, 0.3) is 0 Å². The summed E-state index contributed by atoms with van der Waals surface area (Å²) in [7, 11) is 0. The molecule has 0 aliphatic rings. The van der Waals surface area contributed by atoms with Gasteiger partial charge in [-0.1, -0.05) is 36.4 Å². The largest absolute Gasteiger partial charge is 0.456 e. The van der Waals surface area contributed by atoms with E-state index in [1.54, 1.807) is 24.3 Å². The second-order valence-electron chi connectivity index (χ2n) is 8.24. The number of ether oxygens (including phenoxy) is 2. The van der Waals surface area contributed by atoms with Crippen molar-refractivity contribution in [3.63, 3.8) is 0 Å². The van der Waals surface area contributed by atoms with Crippen molar-refractivity contribution in [1.29, 1.82) is 0 Å². The van der Waals surface area contributed by atoms with Gasteiger partial charge in [0.15, 0.2) is 0 Å². The Morgan fingerprint density at radius 3 is 1.29 bits per heavy atom. The molecule has 0 amide bonds. The molecular formula is C24H30O4. The van der Waals surface area contributed by atoms with E-state index in [4.69, 9.17) is 9.47 Å². The van der Waals surface area contributed by atoms with Gasteiger partial charge in [0.2, 0.25) is 0 Å². The molecule has 0 saturated heterocycles. The highest BCUT2D eigenvalue weighted by Crippen LogP contribution is 2.24. The highest BCUT2D eigenvalue weighted by Gasteiger charge is 2.26.